The second-order valence-corrected chi connectivity index (χ2v) is 6.58. The quantitative estimate of drug-likeness (QED) is 0.835. The molecule has 114 valence electrons. The SMILES string of the molecule is Cc1ccccc1ON1C(=O)C(C)(C)OC12CCCCC2. The maximum absolute atomic E-state index is 12.7. The third-order valence-corrected chi connectivity index (χ3v) is 4.43. The predicted molar refractivity (Wildman–Crippen MR) is 79.6 cm³/mol. The summed E-state index contributed by atoms with van der Waals surface area (Å²) in [4.78, 5) is 18.7. The van der Waals surface area contributed by atoms with Gasteiger partial charge in [0.2, 0.25) is 0 Å². The number of carbonyl (C=O) groups is 1. The highest BCUT2D eigenvalue weighted by atomic mass is 16.7. The van der Waals surface area contributed by atoms with E-state index in [0.29, 0.717) is 0 Å². The fourth-order valence-electron chi connectivity index (χ4n) is 3.28. The van der Waals surface area contributed by atoms with Gasteiger partial charge in [-0.05, 0) is 58.1 Å². The molecule has 1 aromatic rings. The predicted octanol–water partition coefficient (Wildman–Crippen LogP) is 3.59. The molecule has 2 fully saturated rings. The average molecular weight is 289 g/mol. The molecule has 3 rings (SSSR count). The Labute approximate surface area is 126 Å². The number of para-hydroxylation sites is 1. The standard InChI is InChI=1S/C17H23NO3/c1-13-9-5-6-10-14(13)20-18-15(19)16(2,3)21-17(18)11-7-4-8-12-17/h5-6,9-10H,4,7-8,11-12H2,1-3H3. The van der Waals surface area contributed by atoms with Gasteiger partial charge in [0, 0.05) is 0 Å². The summed E-state index contributed by atoms with van der Waals surface area (Å²) in [7, 11) is 0. The van der Waals surface area contributed by atoms with Crippen LogP contribution in [-0.4, -0.2) is 22.3 Å². The molecule has 1 amide bonds. The third kappa shape index (κ3) is 2.42. The summed E-state index contributed by atoms with van der Waals surface area (Å²) >= 11 is 0. The third-order valence-electron chi connectivity index (χ3n) is 4.43. The Hall–Kier alpha value is -1.55. The maximum atomic E-state index is 12.7. The van der Waals surface area contributed by atoms with Crippen molar-refractivity contribution in [2.75, 3.05) is 0 Å². The molecule has 2 aliphatic rings. The van der Waals surface area contributed by atoms with Gasteiger partial charge >= 0.3 is 0 Å². The van der Waals surface area contributed by atoms with Gasteiger partial charge in [-0.15, -0.1) is 5.06 Å². The molecule has 1 saturated carbocycles. The summed E-state index contributed by atoms with van der Waals surface area (Å²) in [5, 5.41) is 1.51. The van der Waals surface area contributed by atoms with Crippen LogP contribution in [0.25, 0.3) is 0 Å². The van der Waals surface area contributed by atoms with E-state index in [0.717, 1.165) is 37.0 Å². The zero-order valence-corrected chi connectivity index (χ0v) is 13.0. The van der Waals surface area contributed by atoms with Crippen LogP contribution in [-0.2, 0) is 9.53 Å². The van der Waals surface area contributed by atoms with Gasteiger partial charge in [-0.3, -0.25) is 4.79 Å². The average Bonchev–Trinajstić information content (AvgIpc) is 2.62. The van der Waals surface area contributed by atoms with Crippen LogP contribution in [0.15, 0.2) is 24.3 Å². The van der Waals surface area contributed by atoms with Crippen molar-refractivity contribution in [3.63, 3.8) is 0 Å². The first kappa shape index (κ1) is 14.4. The first-order valence-corrected chi connectivity index (χ1v) is 7.73. The number of aryl methyl sites for hydroxylation is 1. The number of nitrogens with zero attached hydrogens (tertiary/aromatic N) is 1. The van der Waals surface area contributed by atoms with E-state index < -0.39 is 11.3 Å². The van der Waals surface area contributed by atoms with Crippen LogP contribution in [0, 0.1) is 6.92 Å². The summed E-state index contributed by atoms with van der Waals surface area (Å²) in [6.07, 6.45) is 5.01. The Morgan fingerprint density at radius 1 is 1.14 bits per heavy atom. The molecule has 1 aromatic carbocycles. The van der Waals surface area contributed by atoms with Crippen LogP contribution in [0.4, 0.5) is 0 Å². The normalized spacial score (nSPS) is 23.6. The number of hydrogen-bond acceptors (Lipinski definition) is 3. The minimum absolute atomic E-state index is 0.0901. The van der Waals surface area contributed by atoms with Crippen molar-refractivity contribution >= 4 is 5.91 Å². The van der Waals surface area contributed by atoms with Crippen molar-refractivity contribution in [3.05, 3.63) is 29.8 Å². The number of carbonyl (C=O) groups excluding carboxylic acids is 1. The molecule has 1 saturated heterocycles. The molecule has 1 aliphatic carbocycles. The minimum atomic E-state index is -0.819. The van der Waals surface area contributed by atoms with E-state index in [1.54, 1.807) is 0 Å². The van der Waals surface area contributed by atoms with Crippen LogP contribution in [0.5, 0.6) is 5.75 Å². The van der Waals surface area contributed by atoms with E-state index in [1.165, 1.54) is 11.5 Å². The number of hydrogen-bond donors (Lipinski definition) is 0. The molecule has 21 heavy (non-hydrogen) atoms. The van der Waals surface area contributed by atoms with Gasteiger partial charge in [-0.1, -0.05) is 24.6 Å². The van der Waals surface area contributed by atoms with E-state index in [9.17, 15) is 4.79 Å². The van der Waals surface area contributed by atoms with E-state index in [2.05, 4.69) is 0 Å². The zero-order valence-electron chi connectivity index (χ0n) is 13.0. The molecule has 0 aromatic heterocycles. The Kier molecular flexibility index (Phi) is 3.44. The van der Waals surface area contributed by atoms with E-state index >= 15 is 0 Å². The van der Waals surface area contributed by atoms with Crippen LogP contribution < -0.4 is 4.84 Å². The van der Waals surface area contributed by atoms with E-state index in [1.807, 2.05) is 45.0 Å². The molecule has 0 unspecified atom stereocenters. The van der Waals surface area contributed by atoms with Gasteiger partial charge in [0.1, 0.15) is 5.60 Å². The maximum Gasteiger partial charge on any atom is 0.289 e. The van der Waals surface area contributed by atoms with Gasteiger partial charge in [0.05, 0.1) is 0 Å². The second kappa shape index (κ2) is 5.02. The van der Waals surface area contributed by atoms with Crippen LogP contribution in [0.1, 0.15) is 51.5 Å². The number of amides is 1. The van der Waals surface area contributed by atoms with Crippen molar-refractivity contribution < 1.29 is 14.4 Å². The molecule has 4 nitrogen and oxygen atoms in total. The Morgan fingerprint density at radius 2 is 1.81 bits per heavy atom. The lowest BCUT2D eigenvalue weighted by Crippen LogP contribution is -2.50. The summed E-state index contributed by atoms with van der Waals surface area (Å²) in [5.41, 5.74) is -0.401. The van der Waals surface area contributed by atoms with Gasteiger partial charge in [-0.2, -0.15) is 0 Å². The van der Waals surface area contributed by atoms with Crippen molar-refractivity contribution in [1.29, 1.82) is 0 Å². The lowest BCUT2D eigenvalue weighted by atomic mass is 9.92. The molecule has 0 bridgehead atoms. The van der Waals surface area contributed by atoms with Crippen LogP contribution in [0.2, 0.25) is 0 Å². The van der Waals surface area contributed by atoms with E-state index in [4.69, 9.17) is 9.57 Å². The molecule has 1 spiro atoms. The number of rotatable bonds is 2. The molecule has 1 aliphatic heterocycles. The van der Waals surface area contributed by atoms with Crippen LogP contribution >= 0.6 is 0 Å². The first-order chi connectivity index (χ1) is 9.95. The molecule has 0 radical (unpaired) electrons. The van der Waals surface area contributed by atoms with Crippen LogP contribution in [0.3, 0.4) is 0 Å². The molecule has 0 N–H and O–H groups in total. The Bertz CT molecular complexity index is 547. The number of ether oxygens (including phenoxy) is 1. The summed E-state index contributed by atoms with van der Waals surface area (Å²) in [6, 6.07) is 7.76. The molecule has 1 heterocycles. The summed E-state index contributed by atoms with van der Waals surface area (Å²) in [5.74, 6) is 0.629. The number of benzene rings is 1. The monoisotopic (exact) mass is 289 g/mol. The van der Waals surface area contributed by atoms with Crippen molar-refractivity contribution in [3.8, 4) is 5.75 Å². The Balaban J connectivity index is 1.93. The lowest BCUT2D eigenvalue weighted by molar-refractivity contribution is -0.228. The zero-order chi connectivity index (χ0) is 15.1. The highest BCUT2D eigenvalue weighted by Gasteiger charge is 2.58. The molecular formula is C17H23NO3. The van der Waals surface area contributed by atoms with E-state index in [-0.39, 0.29) is 5.91 Å². The largest absolute Gasteiger partial charge is 0.374 e. The lowest BCUT2D eigenvalue weighted by Gasteiger charge is -2.38. The molecule has 0 atom stereocenters. The summed E-state index contributed by atoms with van der Waals surface area (Å²) in [6.45, 7) is 5.63. The fourth-order valence-corrected chi connectivity index (χ4v) is 3.28. The molecule has 4 heteroatoms. The second-order valence-electron chi connectivity index (χ2n) is 6.58. The highest BCUT2D eigenvalue weighted by molar-refractivity contribution is 5.86. The summed E-state index contributed by atoms with van der Waals surface area (Å²) < 4.78 is 6.17. The highest BCUT2D eigenvalue weighted by Crippen LogP contribution is 2.44. The van der Waals surface area contributed by atoms with Gasteiger partial charge in [0.15, 0.2) is 11.5 Å². The smallest absolute Gasteiger partial charge is 0.289 e. The fraction of sp³-hybridized carbons (Fsp3) is 0.588. The topological polar surface area (TPSA) is 38.8 Å². The van der Waals surface area contributed by atoms with Gasteiger partial charge < -0.3 is 9.57 Å². The number of hydroxylamine groups is 2. The van der Waals surface area contributed by atoms with Gasteiger partial charge in [0.25, 0.3) is 5.91 Å². The first-order valence-electron chi connectivity index (χ1n) is 7.73. The molecular weight excluding hydrogens is 266 g/mol. The van der Waals surface area contributed by atoms with Crippen molar-refractivity contribution in [2.24, 2.45) is 0 Å². The van der Waals surface area contributed by atoms with Crippen molar-refractivity contribution in [2.45, 2.75) is 64.2 Å². The minimum Gasteiger partial charge on any atom is -0.374 e. The Morgan fingerprint density at radius 3 is 2.48 bits per heavy atom. The van der Waals surface area contributed by atoms with Crippen molar-refractivity contribution in [1.82, 2.24) is 5.06 Å². The van der Waals surface area contributed by atoms with Gasteiger partial charge in [-0.25, -0.2) is 0 Å².